The maximum absolute atomic E-state index is 12.0. The first-order valence-corrected chi connectivity index (χ1v) is 8.59. The van der Waals surface area contributed by atoms with Gasteiger partial charge >= 0.3 is 0 Å². The number of hydrogen-bond acceptors (Lipinski definition) is 4. The van der Waals surface area contributed by atoms with Gasteiger partial charge in [-0.3, -0.25) is 4.79 Å². The lowest BCUT2D eigenvalue weighted by Gasteiger charge is -2.30. The van der Waals surface area contributed by atoms with E-state index in [4.69, 9.17) is 16.3 Å². The Balaban J connectivity index is 1.91. The van der Waals surface area contributed by atoms with Gasteiger partial charge in [0.2, 0.25) is 0 Å². The van der Waals surface area contributed by atoms with Gasteiger partial charge in [-0.2, -0.15) is 5.26 Å². The van der Waals surface area contributed by atoms with Crippen LogP contribution in [0.5, 0.6) is 0 Å². The van der Waals surface area contributed by atoms with Crippen LogP contribution in [0.25, 0.3) is 0 Å². The van der Waals surface area contributed by atoms with Gasteiger partial charge in [0.15, 0.2) is 0 Å². The van der Waals surface area contributed by atoms with E-state index in [9.17, 15) is 10.1 Å². The van der Waals surface area contributed by atoms with E-state index < -0.39 is 0 Å². The maximum Gasteiger partial charge on any atom is 0.253 e. The number of carbonyl (C=O) groups is 1. The Labute approximate surface area is 148 Å². The van der Waals surface area contributed by atoms with Gasteiger partial charge in [0.05, 0.1) is 22.2 Å². The summed E-state index contributed by atoms with van der Waals surface area (Å²) in [5.74, 6) is -0.0552. The molecule has 6 heteroatoms. The van der Waals surface area contributed by atoms with Crippen LogP contribution in [0.1, 0.15) is 36.0 Å². The first kappa shape index (κ1) is 18.6. The van der Waals surface area contributed by atoms with Crippen LogP contribution in [-0.4, -0.2) is 44.7 Å². The molecule has 1 aliphatic rings. The summed E-state index contributed by atoms with van der Waals surface area (Å²) in [6.45, 7) is 2.05. The predicted molar refractivity (Wildman–Crippen MR) is 95.3 cm³/mol. The summed E-state index contributed by atoms with van der Waals surface area (Å²) in [7, 11) is 3.44. The highest BCUT2D eigenvalue weighted by molar-refractivity contribution is 6.33. The van der Waals surface area contributed by atoms with Crippen LogP contribution in [-0.2, 0) is 4.74 Å². The monoisotopic (exact) mass is 349 g/mol. The van der Waals surface area contributed by atoms with Crippen LogP contribution in [0, 0.1) is 16.7 Å². The molecule has 0 radical (unpaired) electrons. The molecule has 1 aromatic carbocycles. The zero-order chi connectivity index (χ0) is 17.6. The molecule has 0 bridgehead atoms. The van der Waals surface area contributed by atoms with Crippen molar-refractivity contribution in [1.82, 2.24) is 4.90 Å². The molecule has 5 nitrogen and oxygen atoms in total. The van der Waals surface area contributed by atoms with Gasteiger partial charge in [-0.15, -0.1) is 0 Å². The van der Waals surface area contributed by atoms with Gasteiger partial charge in [-0.05, 0) is 43.9 Å². The summed E-state index contributed by atoms with van der Waals surface area (Å²) in [5, 5.41) is 13.3. The number of carbonyl (C=O) groups excluding carboxylic acids is 1. The van der Waals surface area contributed by atoms with E-state index in [1.54, 1.807) is 32.3 Å². The van der Waals surface area contributed by atoms with Crippen molar-refractivity contribution in [1.29, 1.82) is 5.26 Å². The van der Waals surface area contributed by atoms with Gasteiger partial charge in [-0.1, -0.05) is 11.6 Å². The predicted octanol–water partition coefficient (Wildman–Crippen LogP) is 3.55. The summed E-state index contributed by atoms with van der Waals surface area (Å²) in [6, 6.07) is 7.71. The van der Waals surface area contributed by atoms with E-state index in [-0.39, 0.29) is 11.3 Å². The zero-order valence-corrected chi connectivity index (χ0v) is 15.0. The molecule has 1 saturated heterocycles. The summed E-state index contributed by atoms with van der Waals surface area (Å²) in [6.07, 6.45) is 3.32. The molecule has 0 aliphatic carbocycles. The summed E-state index contributed by atoms with van der Waals surface area (Å²) >= 11 is 6.21. The van der Waals surface area contributed by atoms with Gasteiger partial charge in [0, 0.05) is 39.4 Å². The normalized spacial score (nSPS) is 16.2. The van der Waals surface area contributed by atoms with Crippen molar-refractivity contribution < 1.29 is 9.53 Å². The number of rotatable bonds is 6. The van der Waals surface area contributed by atoms with Crippen molar-refractivity contribution in [2.24, 2.45) is 5.41 Å². The van der Waals surface area contributed by atoms with E-state index in [1.165, 1.54) is 4.90 Å². The Bertz CT molecular complexity index is 619. The molecule has 1 N–H and O–H groups in total. The number of benzene rings is 1. The summed E-state index contributed by atoms with van der Waals surface area (Å²) in [5.41, 5.74) is 1.10. The molecule has 0 aromatic heterocycles. The molecule has 130 valence electrons. The van der Waals surface area contributed by atoms with E-state index in [2.05, 4.69) is 11.4 Å². The van der Waals surface area contributed by atoms with Crippen molar-refractivity contribution >= 4 is 23.2 Å². The fourth-order valence-electron chi connectivity index (χ4n) is 2.88. The van der Waals surface area contributed by atoms with E-state index in [1.807, 2.05) is 0 Å². The second kappa shape index (κ2) is 8.36. The molecule has 0 unspecified atom stereocenters. The number of nitriles is 1. The molecule has 0 atom stereocenters. The molecule has 1 amide bonds. The third kappa shape index (κ3) is 4.62. The average molecular weight is 350 g/mol. The number of anilines is 1. The lowest BCUT2D eigenvalue weighted by Crippen LogP contribution is -2.28. The average Bonchev–Trinajstić information content (AvgIpc) is 2.60. The molecule has 0 saturated carbocycles. The molecule has 1 aromatic rings. The number of halogens is 1. The minimum atomic E-state index is -0.257. The quantitative estimate of drug-likeness (QED) is 0.797. The molecule has 0 spiro atoms. The topological polar surface area (TPSA) is 65.4 Å². The molecular formula is C18H24ClN3O2. The van der Waals surface area contributed by atoms with E-state index in [0.29, 0.717) is 30.3 Å². The molecule has 2 rings (SSSR count). The number of nitrogens with zero attached hydrogens (tertiary/aromatic N) is 2. The smallest absolute Gasteiger partial charge is 0.253 e. The van der Waals surface area contributed by atoms with Crippen LogP contribution in [0.15, 0.2) is 18.2 Å². The summed E-state index contributed by atoms with van der Waals surface area (Å²) in [4.78, 5) is 13.6. The highest BCUT2D eigenvalue weighted by Gasteiger charge is 2.31. The fourth-order valence-corrected chi connectivity index (χ4v) is 3.07. The molecule has 24 heavy (non-hydrogen) atoms. The molecule has 1 aliphatic heterocycles. The van der Waals surface area contributed by atoms with Gasteiger partial charge in [0.1, 0.15) is 0 Å². The van der Waals surface area contributed by atoms with E-state index >= 15 is 0 Å². The molecule has 1 fully saturated rings. The standard InChI is InChI=1S/C18H24ClN3O2/c1-22(2)17(23)14-4-5-15(19)16(12-14)21-9-3-6-18(13-20)7-10-24-11-8-18/h4-5,12,21H,3,6-11H2,1-2H3. The van der Waals surface area contributed by atoms with Crippen LogP contribution >= 0.6 is 11.6 Å². The van der Waals surface area contributed by atoms with Crippen LogP contribution < -0.4 is 5.32 Å². The Kier molecular flexibility index (Phi) is 6.47. The first-order valence-electron chi connectivity index (χ1n) is 8.21. The number of hydrogen-bond donors (Lipinski definition) is 1. The Morgan fingerprint density at radius 3 is 2.75 bits per heavy atom. The van der Waals surface area contributed by atoms with E-state index in [0.717, 1.165) is 31.4 Å². The Morgan fingerprint density at radius 2 is 2.12 bits per heavy atom. The largest absolute Gasteiger partial charge is 0.384 e. The van der Waals surface area contributed by atoms with Crippen molar-refractivity contribution in [3.63, 3.8) is 0 Å². The third-order valence-corrected chi connectivity index (χ3v) is 4.78. The van der Waals surface area contributed by atoms with Gasteiger partial charge in [0.25, 0.3) is 5.91 Å². The van der Waals surface area contributed by atoms with Crippen LogP contribution in [0.2, 0.25) is 5.02 Å². The second-order valence-corrected chi connectivity index (χ2v) is 6.84. The van der Waals surface area contributed by atoms with Crippen molar-refractivity contribution in [2.45, 2.75) is 25.7 Å². The third-order valence-electron chi connectivity index (χ3n) is 4.45. The maximum atomic E-state index is 12.0. The Morgan fingerprint density at radius 1 is 1.42 bits per heavy atom. The number of nitrogens with one attached hydrogen (secondary N) is 1. The lowest BCUT2D eigenvalue weighted by atomic mass is 9.78. The zero-order valence-electron chi connectivity index (χ0n) is 14.3. The SMILES string of the molecule is CN(C)C(=O)c1ccc(Cl)c(NCCCC2(C#N)CCOCC2)c1. The fraction of sp³-hybridized carbons (Fsp3) is 0.556. The van der Waals surface area contributed by atoms with Crippen LogP contribution in [0.4, 0.5) is 5.69 Å². The Hall–Kier alpha value is -1.77. The lowest BCUT2D eigenvalue weighted by molar-refractivity contribution is 0.0365. The summed E-state index contributed by atoms with van der Waals surface area (Å²) < 4.78 is 5.35. The second-order valence-electron chi connectivity index (χ2n) is 6.43. The highest BCUT2D eigenvalue weighted by atomic mass is 35.5. The minimum absolute atomic E-state index is 0.0552. The highest BCUT2D eigenvalue weighted by Crippen LogP contribution is 2.34. The van der Waals surface area contributed by atoms with Gasteiger partial charge in [-0.25, -0.2) is 0 Å². The molecule has 1 heterocycles. The minimum Gasteiger partial charge on any atom is -0.384 e. The van der Waals surface area contributed by atoms with Gasteiger partial charge < -0.3 is 15.0 Å². The van der Waals surface area contributed by atoms with Crippen molar-refractivity contribution in [3.8, 4) is 6.07 Å². The van der Waals surface area contributed by atoms with Crippen molar-refractivity contribution in [3.05, 3.63) is 28.8 Å². The molecular weight excluding hydrogens is 326 g/mol. The number of amides is 1. The van der Waals surface area contributed by atoms with Crippen molar-refractivity contribution in [2.75, 3.05) is 39.2 Å². The van der Waals surface area contributed by atoms with Crippen LogP contribution in [0.3, 0.4) is 0 Å². The number of ether oxygens (including phenoxy) is 1. The first-order chi connectivity index (χ1) is 11.5.